The summed E-state index contributed by atoms with van der Waals surface area (Å²) in [7, 11) is 0. The van der Waals surface area contributed by atoms with Crippen LogP contribution in [0.1, 0.15) is 52.9 Å². The summed E-state index contributed by atoms with van der Waals surface area (Å²) >= 11 is 0. The smallest absolute Gasteiger partial charge is 0.0287 e. The fraction of sp³-hybridized carbons (Fsp3) is 1.00. The molecule has 0 aromatic heterocycles. The summed E-state index contributed by atoms with van der Waals surface area (Å²) in [6.45, 7) is 10.6. The molecule has 0 aromatic carbocycles. The van der Waals surface area contributed by atoms with Crippen LogP contribution in [0.15, 0.2) is 0 Å². The minimum Gasteiger partial charge on any atom is -0.313 e. The van der Waals surface area contributed by atoms with Crippen LogP contribution >= 0.6 is 0 Å². The largest absolute Gasteiger partial charge is 0.313 e. The van der Waals surface area contributed by atoms with Crippen LogP contribution in [0.5, 0.6) is 0 Å². The van der Waals surface area contributed by atoms with Crippen LogP contribution in [-0.2, 0) is 0 Å². The van der Waals surface area contributed by atoms with Crippen molar-refractivity contribution in [2.75, 3.05) is 19.6 Å². The fourth-order valence-electron chi connectivity index (χ4n) is 3.59. The molecule has 1 N–H and O–H groups in total. The standard InChI is InChI=1S/C14H29N3/c1-4-15-14-9-6-10-16(11-14)17-12(2)7-5-8-13(17)3/h12-15H,4-11H2,1-3H3. The summed E-state index contributed by atoms with van der Waals surface area (Å²) in [6.07, 6.45) is 6.83. The maximum Gasteiger partial charge on any atom is 0.0287 e. The van der Waals surface area contributed by atoms with E-state index in [0.717, 1.165) is 18.6 Å². The van der Waals surface area contributed by atoms with Gasteiger partial charge in [-0.15, -0.1) is 0 Å². The molecule has 0 radical (unpaired) electrons. The van der Waals surface area contributed by atoms with E-state index < -0.39 is 0 Å². The van der Waals surface area contributed by atoms with E-state index in [1.165, 1.54) is 45.2 Å². The van der Waals surface area contributed by atoms with Gasteiger partial charge in [0.1, 0.15) is 0 Å². The van der Waals surface area contributed by atoms with Crippen molar-refractivity contribution >= 4 is 0 Å². The fourth-order valence-corrected chi connectivity index (χ4v) is 3.59. The monoisotopic (exact) mass is 239 g/mol. The highest BCUT2D eigenvalue weighted by Crippen LogP contribution is 2.26. The molecule has 0 aromatic rings. The second-order valence-corrected chi connectivity index (χ2v) is 5.82. The van der Waals surface area contributed by atoms with Gasteiger partial charge in [-0.3, -0.25) is 0 Å². The molecule has 0 bridgehead atoms. The first-order valence-corrected chi connectivity index (χ1v) is 7.49. The van der Waals surface area contributed by atoms with E-state index in [1.54, 1.807) is 0 Å². The molecule has 0 saturated carbocycles. The van der Waals surface area contributed by atoms with Crippen molar-refractivity contribution in [2.45, 2.75) is 71.0 Å². The Balaban J connectivity index is 1.95. The van der Waals surface area contributed by atoms with Gasteiger partial charge in [-0.05, 0) is 46.1 Å². The molecule has 2 rings (SSSR count). The van der Waals surface area contributed by atoms with E-state index in [1.807, 2.05) is 0 Å². The number of likely N-dealkylation sites (N-methyl/N-ethyl adjacent to an activating group) is 1. The van der Waals surface area contributed by atoms with Gasteiger partial charge in [-0.1, -0.05) is 13.3 Å². The third kappa shape index (κ3) is 3.21. The van der Waals surface area contributed by atoms with Crippen LogP contribution in [0.25, 0.3) is 0 Å². The average Bonchev–Trinajstić information content (AvgIpc) is 2.30. The molecular weight excluding hydrogens is 210 g/mol. The lowest BCUT2D eigenvalue weighted by molar-refractivity contribution is -0.118. The van der Waals surface area contributed by atoms with Crippen molar-refractivity contribution in [1.82, 2.24) is 15.3 Å². The van der Waals surface area contributed by atoms with Crippen molar-refractivity contribution < 1.29 is 0 Å². The molecule has 2 aliphatic rings. The minimum absolute atomic E-state index is 0.704. The molecule has 100 valence electrons. The lowest BCUT2D eigenvalue weighted by Crippen LogP contribution is -2.59. The van der Waals surface area contributed by atoms with E-state index in [4.69, 9.17) is 0 Å². The number of nitrogens with one attached hydrogen (secondary N) is 1. The number of piperidine rings is 2. The maximum atomic E-state index is 3.61. The molecule has 0 amide bonds. The van der Waals surface area contributed by atoms with Crippen molar-refractivity contribution in [3.63, 3.8) is 0 Å². The number of rotatable bonds is 3. The quantitative estimate of drug-likeness (QED) is 0.815. The Labute approximate surface area is 107 Å². The van der Waals surface area contributed by atoms with Crippen LogP contribution in [-0.4, -0.2) is 47.8 Å². The highest BCUT2D eigenvalue weighted by Gasteiger charge is 2.32. The van der Waals surface area contributed by atoms with Crippen molar-refractivity contribution in [1.29, 1.82) is 0 Å². The third-order valence-electron chi connectivity index (χ3n) is 4.37. The molecule has 17 heavy (non-hydrogen) atoms. The SMILES string of the molecule is CCNC1CCCN(N2C(C)CCCC2C)C1. The van der Waals surface area contributed by atoms with E-state index in [2.05, 4.69) is 36.1 Å². The zero-order chi connectivity index (χ0) is 12.3. The second kappa shape index (κ2) is 6.17. The molecule has 0 spiro atoms. The first-order valence-electron chi connectivity index (χ1n) is 7.49. The highest BCUT2D eigenvalue weighted by molar-refractivity contribution is 4.83. The first-order chi connectivity index (χ1) is 8.22. The third-order valence-corrected chi connectivity index (χ3v) is 4.37. The van der Waals surface area contributed by atoms with E-state index in [-0.39, 0.29) is 0 Å². The Hall–Kier alpha value is -0.120. The predicted molar refractivity (Wildman–Crippen MR) is 72.9 cm³/mol. The molecule has 2 aliphatic heterocycles. The van der Waals surface area contributed by atoms with Gasteiger partial charge >= 0.3 is 0 Å². The van der Waals surface area contributed by atoms with Crippen molar-refractivity contribution in [2.24, 2.45) is 0 Å². The summed E-state index contributed by atoms with van der Waals surface area (Å²) in [5.41, 5.74) is 0. The van der Waals surface area contributed by atoms with Gasteiger partial charge in [-0.25, -0.2) is 10.0 Å². The van der Waals surface area contributed by atoms with Gasteiger partial charge in [0, 0.05) is 31.2 Å². The molecular formula is C14H29N3. The molecule has 2 saturated heterocycles. The van der Waals surface area contributed by atoms with Crippen LogP contribution in [0, 0.1) is 0 Å². The Morgan fingerprint density at radius 3 is 2.41 bits per heavy atom. The summed E-state index contributed by atoms with van der Waals surface area (Å²) in [5, 5.41) is 8.92. The summed E-state index contributed by atoms with van der Waals surface area (Å²) < 4.78 is 0. The number of hydrazine groups is 1. The molecule has 2 fully saturated rings. The number of hydrogen-bond acceptors (Lipinski definition) is 3. The topological polar surface area (TPSA) is 18.5 Å². The second-order valence-electron chi connectivity index (χ2n) is 5.82. The molecule has 3 nitrogen and oxygen atoms in total. The molecule has 3 unspecified atom stereocenters. The normalized spacial score (nSPS) is 37.2. The van der Waals surface area contributed by atoms with Crippen LogP contribution in [0.4, 0.5) is 0 Å². The average molecular weight is 239 g/mol. The van der Waals surface area contributed by atoms with Gasteiger partial charge in [0.05, 0.1) is 0 Å². The highest BCUT2D eigenvalue weighted by atomic mass is 15.6. The van der Waals surface area contributed by atoms with Gasteiger partial charge in [0.15, 0.2) is 0 Å². The Bertz CT molecular complexity index is 220. The summed E-state index contributed by atoms with van der Waals surface area (Å²) in [5.74, 6) is 0. The van der Waals surface area contributed by atoms with Crippen LogP contribution < -0.4 is 5.32 Å². The van der Waals surface area contributed by atoms with E-state index in [0.29, 0.717) is 6.04 Å². The molecule has 2 heterocycles. The zero-order valence-electron chi connectivity index (χ0n) is 11.8. The summed E-state index contributed by atoms with van der Waals surface area (Å²) in [4.78, 5) is 0. The Morgan fingerprint density at radius 1 is 1.06 bits per heavy atom. The number of hydrogen-bond donors (Lipinski definition) is 1. The number of nitrogens with zero attached hydrogens (tertiary/aromatic N) is 2. The first kappa shape index (κ1) is 13.3. The Morgan fingerprint density at radius 2 is 1.76 bits per heavy atom. The summed E-state index contributed by atoms with van der Waals surface area (Å²) in [6, 6.07) is 2.17. The van der Waals surface area contributed by atoms with E-state index in [9.17, 15) is 0 Å². The predicted octanol–water partition coefficient (Wildman–Crippen LogP) is 2.24. The molecule has 3 heteroatoms. The van der Waals surface area contributed by atoms with Gasteiger partial charge < -0.3 is 5.32 Å². The maximum absolute atomic E-state index is 3.61. The van der Waals surface area contributed by atoms with Crippen LogP contribution in [0.2, 0.25) is 0 Å². The molecule has 0 aliphatic carbocycles. The van der Waals surface area contributed by atoms with Crippen molar-refractivity contribution in [3.05, 3.63) is 0 Å². The van der Waals surface area contributed by atoms with Crippen LogP contribution in [0.3, 0.4) is 0 Å². The lowest BCUT2D eigenvalue weighted by atomic mass is 9.98. The Kier molecular flexibility index (Phi) is 4.83. The van der Waals surface area contributed by atoms with Crippen molar-refractivity contribution in [3.8, 4) is 0 Å². The van der Waals surface area contributed by atoms with Gasteiger partial charge in [-0.2, -0.15) is 0 Å². The lowest BCUT2D eigenvalue weighted by Gasteiger charge is -2.49. The minimum atomic E-state index is 0.704. The molecule has 3 atom stereocenters. The van der Waals surface area contributed by atoms with E-state index >= 15 is 0 Å². The van der Waals surface area contributed by atoms with Gasteiger partial charge in [0.2, 0.25) is 0 Å². The zero-order valence-corrected chi connectivity index (χ0v) is 11.8. The van der Waals surface area contributed by atoms with Gasteiger partial charge in [0.25, 0.3) is 0 Å².